The van der Waals surface area contributed by atoms with Gasteiger partial charge in [0.25, 0.3) is 0 Å². The number of hydrogen-bond acceptors (Lipinski definition) is 3. The van der Waals surface area contributed by atoms with Crippen molar-refractivity contribution in [3.63, 3.8) is 0 Å². The molecular formula is C28H23NO2. The van der Waals surface area contributed by atoms with Crippen LogP contribution in [0.5, 0.6) is 0 Å². The molecule has 0 amide bonds. The van der Waals surface area contributed by atoms with Gasteiger partial charge in [0.2, 0.25) is 11.6 Å². The van der Waals surface area contributed by atoms with Crippen molar-refractivity contribution >= 4 is 17.3 Å². The quantitative estimate of drug-likeness (QED) is 0.268. The highest BCUT2D eigenvalue weighted by atomic mass is 16.2. The summed E-state index contributed by atoms with van der Waals surface area (Å²) < 4.78 is 0. The van der Waals surface area contributed by atoms with Gasteiger partial charge in [-0.05, 0) is 35.4 Å². The average Bonchev–Trinajstić information content (AvgIpc) is 2.85. The molecule has 4 aromatic rings. The molecule has 0 saturated heterocycles. The third-order valence-corrected chi connectivity index (χ3v) is 5.17. The molecule has 0 N–H and O–H groups in total. The monoisotopic (exact) mass is 405 g/mol. The first kappa shape index (κ1) is 20.3. The number of carbonyl (C=O) groups excluding carboxylic acids is 2. The summed E-state index contributed by atoms with van der Waals surface area (Å²) in [4.78, 5) is 27.4. The van der Waals surface area contributed by atoms with E-state index in [4.69, 9.17) is 0 Å². The van der Waals surface area contributed by atoms with Crippen LogP contribution >= 0.6 is 0 Å². The first-order valence-corrected chi connectivity index (χ1v) is 10.3. The van der Waals surface area contributed by atoms with Crippen LogP contribution < -0.4 is 4.90 Å². The molecule has 4 aromatic carbocycles. The van der Waals surface area contributed by atoms with E-state index in [1.807, 2.05) is 54.6 Å². The van der Waals surface area contributed by atoms with Crippen LogP contribution in [0.25, 0.3) is 0 Å². The molecule has 3 heteroatoms. The fourth-order valence-corrected chi connectivity index (χ4v) is 3.52. The van der Waals surface area contributed by atoms with Crippen molar-refractivity contribution in [3.8, 4) is 0 Å². The minimum Gasteiger partial charge on any atom is -0.363 e. The smallest absolute Gasteiger partial charge is 0.233 e. The number of nitrogens with zero attached hydrogens (tertiary/aromatic N) is 1. The van der Waals surface area contributed by atoms with Gasteiger partial charge in [-0.3, -0.25) is 9.59 Å². The maximum Gasteiger partial charge on any atom is 0.233 e. The van der Waals surface area contributed by atoms with E-state index in [1.54, 1.807) is 36.4 Å². The van der Waals surface area contributed by atoms with E-state index in [1.165, 1.54) is 11.1 Å². The van der Waals surface area contributed by atoms with Crippen molar-refractivity contribution in [2.45, 2.75) is 13.1 Å². The average molecular weight is 405 g/mol. The van der Waals surface area contributed by atoms with Crippen molar-refractivity contribution in [3.05, 3.63) is 138 Å². The van der Waals surface area contributed by atoms with E-state index >= 15 is 0 Å². The SMILES string of the molecule is O=C(C(=O)c1ccc(N(Cc2ccccc2)Cc2ccccc2)cc1)c1ccccc1. The summed E-state index contributed by atoms with van der Waals surface area (Å²) in [6.07, 6.45) is 0. The fourth-order valence-electron chi connectivity index (χ4n) is 3.52. The number of carbonyl (C=O) groups is 2. The highest BCUT2D eigenvalue weighted by molar-refractivity contribution is 6.49. The lowest BCUT2D eigenvalue weighted by Crippen LogP contribution is -2.22. The molecule has 0 atom stereocenters. The zero-order valence-corrected chi connectivity index (χ0v) is 17.1. The summed E-state index contributed by atoms with van der Waals surface area (Å²) in [6.45, 7) is 1.48. The Bertz CT molecular complexity index is 1100. The second kappa shape index (κ2) is 9.68. The Hall–Kier alpha value is -3.98. The number of rotatable bonds is 8. The molecule has 0 aromatic heterocycles. The van der Waals surface area contributed by atoms with Gasteiger partial charge in [-0.2, -0.15) is 0 Å². The minimum absolute atomic E-state index is 0.400. The Kier molecular flexibility index (Phi) is 6.34. The number of hydrogen-bond donors (Lipinski definition) is 0. The van der Waals surface area contributed by atoms with Crippen LogP contribution in [0.15, 0.2) is 115 Å². The molecule has 0 aliphatic rings. The maximum absolute atomic E-state index is 12.6. The Morgan fingerprint density at radius 3 is 1.32 bits per heavy atom. The van der Waals surface area contributed by atoms with Gasteiger partial charge in [-0.15, -0.1) is 0 Å². The van der Waals surface area contributed by atoms with Gasteiger partial charge < -0.3 is 4.90 Å². The van der Waals surface area contributed by atoms with E-state index in [-0.39, 0.29) is 0 Å². The summed E-state index contributed by atoms with van der Waals surface area (Å²) >= 11 is 0. The van der Waals surface area contributed by atoms with Crippen LogP contribution in [-0.4, -0.2) is 11.6 Å². The highest BCUT2D eigenvalue weighted by Gasteiger charge is 2.18. The van der Waals surface area contributed by atoms with Crippen molar-refractivity contribution in [2.24, 2.45) is 0 Å². The van der Waals surface area contributed by atoms with E-state index < -0.39 is 11.6 Å². The van der Waals surface area contributed by atoms with E-state index in [9.17, 15) is 9.59 Å². The molecule has 0 heterocycles. The summed E-state index contributed by atoms with van der Waals surface area (Å²) in [5.74, 6) is -0.978. The lowest BCUT2D eigenvalue weighted by Gasteiger charge is -2.25. The van der Waals surface area contributed by atoms with Gasteiger partial charge in [0.15, 0.2) is 0 Å². The molecule has 4 rings (SSSR count). The predicted octanol–water partition coefficient (Wildman–Crippen LogP) is 5.96. The second-order valence-electron chi connectivity index (χ2n) is 7.40. The normalized spacial score (nSPS) is 10.5. The molecule has 0 aliphatic heterocycles. The standard InChI is InChI=1S/C28H23NO2/c30-27(24-14-8-3-9-15-24)28(31)25-16-18-26(19-17-25)29(20-22-10-4-1-5-11-22)21-23-12-6-2-7-13-23/h1-19H,20-21H2. The molecule has 0 saturated carbocycles. The number of Topliss-reactive ketones (excluding diaryl/α,β-unsaturated/α-hetero) is 2. The van der Waals surface area contributed by atoms with E-state index in [0.717, 1.165) is 18.8 Å². The van der Waals surface area contributed by atoms with Crippen LogP contribution in [0.1, 0.15) is 31.8 Å². The van der Waals surface area contributed by atoms with Crippen LogP contribution in [0, 0.1) is 0 Å². The zero-order valence-electron chi connectivity index (χ0n) is 17.1. The molecule has 0 aliphatic carbocycles. The predicted molar refractivity (Wildman–Crippen MR) is 124 cm³/mol. The summed E-state index contributed by atoms with van der Waals surface area (Å²) in [7, 11) is 0. The molecule has 0 spiro atoms. The molecule has 0 radical (unpaired) electrons. The summed E-state index contributed by atoms with van der Waals surface area (Å²) in [5, 5.41) is 0. The Morgan fingerprint density at radius 1 is 0.484 bits per heavy atom. The molecular weight excluding hydrogens is 382 g/mol. The Morgan fingerprint density at radius 2 is 0.871 bits per heavy atom. The number of benzene rings is 4. The minimum atomic E-state index is -0.490. The molecule has 0 fully saturated rings. The largest absolute Gasteiger partial charge is 0.363 e. The molecule has 3 nitrogen and oxygen atoms in total. The third-order valence-electron chi connectivity index (χ3n) is 5.17. The van der Waals surface area contributed by atoms with E-state index in [2.05, 4.69) is 29.2 Å². The van der Waals surface area contributed by atoms with Crippen LogP contribution in [0.3, 0.4) is 0 Å². The van der Waals surface area contributed by atoms with Gasteiger partial charge in [0, 0.05) is 29.9 Å². The highest BCUT2D eigenvalue weighted by Crippen LogP contribution is 2.22. The number of anilines is 1. The second-order valence-corrected chi connectivity index (χ2v) is 7.40. The lowest BCUT2D eigenvalue weighted by molar-refractivity contribution is 0.0817. The van der Waals surface area contributed by atoms with Crippen LogP contribution in [0.2, 0.25) is 0 Å². The first-order chi connectivity index (χ1) is 15.2. The fraction of sp³-hybridized carbons (Fsp3) is 0.0714. The van der Waals surface area contributed by atoms with Gasteiger partial charge >= 0.3 is 0 Å². The molecule has 0 bridgehead atoms. The van der Waals surface area contributed by atoms with Crippen molar-refractivity contribution in [1.82, 2.24) is 0 Å². The van der Waals surface area contributed by atoms with Gasteiger partial charge in [-0.1, -0.05) is 91.0 Å². The first-order valence-electron chi connectivity index (χ1n) is 10.3. The van der Waals surface area contributed by atoms with Crippen LogP contribution in [0.4, 0.5) is 5.69 Å². The lowest BCUT2D eigenvalue weighted by atomic mass is 10.0. The topological polar surface area (TPSA) is 37.4 Å². The summed E-state index contributed by atoms with van der Waals surface area (Å²) in [5.41, 5.74) is 4.22. The number of ketones is 2. The van der Waals surface area contributed by atoms with Crippen molar-refractivity contribution in [2.75, 3.05) is 4.90 Å². The Balaban J connectivity index is 1.56. The van der Waals surface area contributed by atoms with Gasteiger partial charge in [-0.25, -0.2) is 0 Å². The van der Waals surface area contributed by atoms with Crippen molar-refractivity contribution in [1.29, 1.82) is 0 Å². The molecule has 152 valence electrons. The third kappa shape index (κ3) is 5.14. The van der Waals surface area contributed by atoms with Gasteiger partial charge in [0.1, 0.15) is 0 Å². The molecule has 0 unspecified atom stereocenters. The zero-order chi connectivity index (χ0) is 21.5. The summed E-state index contributed by atoms with van der Waals surface area (Å²) in [6, 6.07) is 36.5. The van der Waals surface area contributed by atoms with Crippen LogP contribution in [-0.2, 0) is 13.1 Å². The van der Waals surface area contributed by atoms with Crippen molar-refractivity contribution < 1.29 is 9.59 Å². The maximum atomic E-state index is 12.6. The Labute approximate surface area is 182 Å². The van der Waals surface area contributed by atoms with E-state index in [0.29, 0.717) is 11.1 Å². The van der Waals surface area contributed by atoms with Gasteiger partial charge in [0.05, 0.1) is 0 Å². The molecule has 31 heavy (non-hydrogen) atoms.